The number of halogens is 1. The number of hydrogen-bond donors (Lipinski definition) is 2. The molecule has 1 saturated heterocycles. The summed E-state index contributed by atoms with van der Waals surface area (Å²) < 4.78 is 0. The number of rotatable bonds is 2. The maximum Gasteiger partial charge on any atom is 0.335 e. The highest BCUT2D eigenvalue weighted by atomic mass is 35.5. The van der Waals surface area contributed by atoms with Crippen molar-refractivity contribution >= 4 is 23.4 Å². The first-order chi connectivity index (χ1) is 8.37. The summed E-state index contributed by atoms with van der Waals surface area (Å²) >= 11 is 5.82. The molecule has 1 aromatic heterocycles. The van der Waals surface area contributed by atoms with E-state index in [2.05, 4.69) is 4.98 Å². The standard InChI is InChI=1S/C12H15ClN2O3/c1-12(18)3-2-4-15(7-12)10-6-8(11(16)17)5-9(13)14-10/h5-6,18H,2-4,7H2,1H3,(H,16,17). The summed E-state index contributed by atoms with van der Waals surface area (Å²) in [6.07, 6.45) is 1.57. The van der Waals surface area contributed by atoms with Gasteiger partial charge in [-0.05, 0) is 31.9 Å². The molecular formula is C12H15ClN2O3. The lowest BCUT2D eigenvalue weighted by molar-refractivity contribution is 0.0447. The normalized spacial score (nSPS) is 24.1. The van der Waals surface area contributed by atoms with Crippen molar-refractivity contribution < 1.29 is 15.0 Å². The van der Waals surface area contributed by atoms with Crippen LogP contribution in [0.25, 0.3) is 0 Å². The fourth-order valence-corrected chi connectivity index (χ4v) is 2.39. The zero-order valence-corrected chi connectivity index (χ0v) is 10.8. The van der Waals surface area contributed by atoms with E-state index >= 15 is 0 Å². The first-order valence-electron chi connectivity index (χ1n) is 5.76. The van der Waals surface area contributed by atoms with Gasteiger partial charge in [0.2, 0.25) is 0 Å². The van der Waals surface area contributed by atoms with Gasteiger partial charge in [-0.3, -0.25) is 0 Å². The second kappa shape index (κ2) is 4.74. The van der Waals surface area contributed by atoms with Crippen LogP contribution in [-0.2, 0) is 0 Å². The van der Waals surface area contributed by atoms with Gasteiger partial charge in [-0.15, -0.1) is 0 Å². The summed E-state index contributed by atoms with van der Waals surface area (Å²) in [5.41, 5.74) is -0.666. The number of piperidine rings is 1. The minimum Gasteiger partial charge on any atom is -0.478 e. The summed E-state index contributed by atoms with van der Waals surface area (Å²) in [7, 11) is 0. The summed E-state index contributed by atoms with van der Waals surface area (Å²) in [6.45, 7) is 2.93. The first kappa shape index (κ1) is 13.1. The highest BCUT2D eigenvalue weighted by Gasteiger charge is 2.29. The van der Waals surface area contributed by atoms with Gasteiger partial charge < -0.3 is 15.1 Å². The molecule has 2 heterocycles. The van der Waals surface area contributed by atoms with Crippen molar-refractivity contribution in [1.82, 2.24) is 4.98 Å². The first-order valence-corrected chi connectivity index (χ1v) is 6.13. The molecule has 0 bridgehead atoms. The topological polar surface area (TPSA) is 73.7 Å². The maximum absolute atomic E-state index is 11.0. The maximum atomic E-state index is 11.0. The van der Waals surface area contributed by atoms with Gasteiger partial charge in [0.05, 0.1) is 11.2 Å². The number of carbonyl (C=O) groups is 1. The lowest BCUT2D eigenvalue weighted by atomic mass is 9.95. The Morgan fingerprint density at radius 2 is 2.28 bits per heavy atom. The zero-order valence-electron chi connectivity index (χ0n) is 10.1. The summed E-state index contributed by atoms with van der Waals surface area (Å²) in [4.78, 5) is 16.9. The quantitative estimate of drug-likeness (QED) is 0.802. The molecule has 1 aliphatic heterocycles. The number of aromatic carboxylic acids is 1. The predicted octanol–water partition coefficient (Wildman–Crippen LogP) is 1.78. The van der Waals surface area contributed by atoms with E-state index in [1.165, 1.54) is 12.1 Å². The van der Waals surface area contributed by atoms with Crippen molar-refractivity contribution in [2.45, 2.75) is 25.4 Å². The lowest BCUT2D eigenvalue weighted by Gasteiger charge is -2.37. The summed E-state index contributed by atoms with van der Waals surface area (Å²) in [6, 6.07) is 2.80. The van der Waals surface area contributed by atoms with Gasteiger partial charge in [0.15, 0.2) is 0 Å². The molecule has 0 amide bonds. The summed E-state index contributed by atoms with van der Waals surface area (Å²) in [5, 5.41) is 19.2. The average molecular weight is 271 g/mol. The number of carboxylic acid groups (broad SMARTS) is 1. The van der Waals surface area contributed by atoms with Gasteiger partial charge in [-0.1, -0.05) is 11.6 Å². The molecule has 0 aromatic carbocycles. The van der Waals surface area contributed by atoms with Crippen LogP contribution in [0.15, 0.2) is 12.1 Å². The van der Waals surface area contributed by atoms with Crippen molar-refractivity contribution in [3.63, 3.8) is 0 Å². The number of nitrogens with zero attached hydrogens (tertiary/aromatic N) is 2. The number of anilines is 1. The van der Waals surface area contributed by atoms with Crippen molar-refractivity contribution in [3.05, 3.63) is 22.8 Å². The van der Waals surface area contributed by atoms with Crippen LogP contribution in [0.3, 0.4) is 0 Å². The third-order valence-electron chi connectivity index (χ3n) is 3.03. The van der Waals surface area contributed by atoms with Crippen molar-refractivity contribution in [3.8, 4) is 0 Å². The van der Waals surface area contributed by atoms with Crippen LogP contribution < -0.4 is 4.90 Å². The Bertz CT molecular complexity index is 476. The molecule has 98 valence electrons. The molecule has 0 aliphatic carbocycles. The third-order valence-corrected chi connectivity index (χ3v) is 3.22. The molecule has 0 radical (unpaired) electrons. The monoisotopic (exact) mass is 270 g/mol. The van der Waals surface area contributed by atoms with Crippen LogP contribution in [0.5, 0.6) is 0 Å². The Hall–Kier alpha value is -1.33. The molecular weight excluding hydrogens is 256 g/mol. The minimum absolute atomic E-state index is 0.107. The molecule has 0 saturated carbocycles. The number of hydrogen-bond acceptors (Lipinski definition) is 4. The Labute approximate surface area is 110 Å². The van der Waals surface area contributed by atoms with Crippen molar-refractivity contribution in [2.24, 2.45) is 0 Å². The van der Waals surface area contributed by atoms with E-state index in [0.29, 0.717) is 12.4 Å². The Kier molecular flexibility index (Phi) is 3.45. The van der Waals surface area contributed by atoms with E-state index in [-0.39, 0.29) is 10.7 Å². The molecule has 5 nitrogen and oxygen atoms in total. The average Bonchev–Trinajstić information content (AvgIpc) is 2.26. The van der Waals surface area contributed by atoms with Crippen LogP contribution in [0.1, 0.15) is 30.1 Å². The van der Waals surface area contributed by atoms with Gasteiger partial charge in [-0.2, -0.15) is 0 Å². The lowest BCUT2D eigenvalue weighted by Crippen LogP contribution is -2.46. The highest BCUT2D eigenvalue weighted by molar-refractivity contribution is 6.29. The van der Waals surface area contributed by atoms with Crippen LogP contribution in [0, 0.1) is 0 Å². The Morgan fingerprint density at radius 1 is 1.56 bits per heavy atom. The van der Waals surface area contributed by atoms with Crippen LogP contribution in [0.4, 0.5) is 5.82 Å². The Balaban J connectivity index is 2.30. The summed E-state index contributed by atoms with van der Waals surface area (Å²) in [5.74, 6) is -0.538. The molecule has 1 fully saturated rings. The van der Waals surface area contributed by atoms with Crippen LogP contribution in [0.2, 0.25) is 5.15 Å². The molecule has 2 N–H and O–H groups in total. The van der Waals surface area contributed by atoms with Gasteiger partial charge in [-0.25, -0.2) is 9.78 Å². The number of aromatic nitrogens is 1. The predicted molar refractivity (Wildman–Crippen MR) is 68.3 cm³/mol. The van der Waals surface area contributed by atoms with E-state index in [1.54, 1.807) is 6.92 Å². The van der Waals surface area contributed by atoms with Crippen LogP contribution >= 0.6 is 11.6 Å². The fraction of sp³-hybridized carbons (Fsp3) is 0.500. The smallest absolute Gasteiger partial charge is 0.335 e. The van der Waals surface area contributed by atoms with E-state index in [9.17, 15) is 9.90 Å². The van der Waals surface area contributed by atoms with Gasteiger partial charge in [0, 0.05) is 13.1 Å². The molecule has 0 spiro atoms. The number of pyridine rings is 1. The third kappa shape index (κ3) is 2.91. The molecule has 6 heteroatoms. The zero-order chi connectivity index (χ0) is 13.3. The number of carboxylic acids is 1. The molecule has 2 rings (SSSR count). The number of β-amino-alcohol motifs (C(OH)–C–C–N with tert-alkyl or cyclic N) is 1. The van der Waals surface area contributed by atoms with Gasteiger partial charge in [0.25, 0.3) is 0 Å². The fourth-order valence-electron chi connectivity index (χ4n) is 2.18. The molecule has 1 aliphatic rings. The van der Waals surface area contributed by atoms with E-state index < -0.39 is 11.6 Å². The number of aliphatic hydroxyl groups is 1. The van der Waals surface area contributed by atoms with Gasteiger partial charge >= 0.3 is 5.97 Å². The highest BCUT2D eigenvalue weighted by Crippen LogP contribution is 2.26. The van der Waals surface area contributed by atoms with Gasteiger partial charge in [0.1, 0.15) is 11.0 Å². The minimum atomic E-state index is -1.04. The SMILES string of the molecule is CC1(O)CCCN(c2cc(C(=O)O)cc(Cl)n2)C1. The molecule has 1 atom stereocenters. The second-order valence-corrected chi connectivity index (χ2v) is 5.25. The van der Waals surface area contributed by atoms with Crippen LogP contribution in [-0.4, -0.2) is 39.9 Å². The Morgan fingerprint density at radius 3 is 2.89 bits per heavy atom. The van der Waals surface area contributed by atoms with Crippen molar-refractivity contribution in [2.75, 3.05) is 18.0 Å². The second-order valence-electron chi connectivity index (χ2n) is 4.86. The molecule has 1 aromatic rings. The van der Waals surface area contributed by atoms with E-state index in [0.717, 1.165) is 19.4 Å². The van der Waals surface area contributed by atoms with E-state index in [1.807, 2.05) is 4.90 Å². The molecule has 18 heavy (non-hydrogen) atoms. The molecule has 1 unspecified atom stereocenters. The largest absolute Gasteiger partial charge is 0.478 e. The van der Waals surface area contributed by atoms with Crippen molar-refractivity contribution in [1.29, 1.82) is 0 Å². The van der Waals surface area contributed by atoms with E-state index in [4.69, 9.17) is 16.7 Å².